The summed E-state index contributed by atoms with van der Waals surface area (Å²) in [5, 5.41) is 8.82. The lowest BCUT2D eigenvalue weighted by Gasteiger charge is -2.11. The number of rotatable bonds is 4. The van der Waals surface area contributed by atoms with E-state index in [9.17, 15) is 0 Å². The van der Waals surface area contributed by atoms with E-state index < -0.39 is 0 Å². The minimum atomic E-state index is 0.0855. The topological polar surface area (TPSA) is 73.9 Å². The molecular weight excluding hydrogens is 220 g/mol. The van der Waals surface area contributed by atoms with E-state index in [-0.39, 0.29) is 10.6 Å². The van der Waals surface area contributed by atoms with Gasteiger partial charge in [-0.25, -0.2) is 0 Å². The van der Waals surface area contributed by atoms with Gasteiger partial charge in [-0.1, -0.05) is 30.4 Å². The molecule has 16 heavy (non-hydrogen) atoms. The summed E-state index contributed by atoms with van der Waals surface area (Å²) in [5.41, 5.74) is 13.0. The van der Waals surface area contributed by atoms with Gasteiger partial charge in [0.15, 0.2) is 0 Å². The predicted octanol–water partition coefficient (Wildman–Crippen LogP) is 1.69. The van der Waals surface area contributed by atoms with Crippen molar-refractivity contribution in [2.75, 3.05) is 5.43 Å². The van der Waals surface area contributed by atoms with Crippen molar-refractivity contribution in [3.05, 3.63) is 41.6 Å². The molecule has 0 atom stereocenters. The first-order valence-corrected chi connectivity index (χ1v) is 5.04. The van der Waals surface area contributed by atoms with Gasteiger partial charge in [0, 0.05) is 5.70 Å². The molecule has 0 unspecified atom stereocenters. The van der Waals surface area contributed by atoms with E-state index in [1.807, 2.05) is 36.4 Å². The number of nitrogens with zero attached hydrogens (tertiary/aromatic N) is 1. The Hall–Kier alpha value is -2.06. The Morgan fingerprint density at radius 3 is 2.50 bits per heavy atom. The number of nitrogens with two attached hydrogens (primary N) is 1. The average molecular weight is 232 g/mol. The second kappa shape index (κ2) is 5.73. The number of hydrogen-bond donors (Lipinski definition) is 3. The summed E-state index contributed by atoms with van der Waals surface area (Å²) >= 11 is 4.75. The molecule has 0 aliphatic carbocycles. The molecule has 0 aliphatic heterocycles. The van der Waals surface area contributed by atoms with Crippen molar-refractivity contribution >= 4 is 22.9 Å². The van der Waals surface area contributed by atoms with Crippen LogP contribution in [0.1, 0.15) is 6.92 Å². The second-order valence-corrected chi connectivity index (χ2v) is 3.53. The quantitative estimate of drug-likeness (QED) is 0.319. The van der Waals surface area contributed by atoms with Crippen molar-refractivity contribution < 1.29 is 0 Å². The van der Waals surface area contributed by atoms with Crippen LogP contribution in [0.2, 0.25) is 0 Å². The molecule has 5 heteroatoms. The van der Waals surface area contributed by atoms with Gasteiger partial charge in [-0.05, 0) is 19.1 Å². The fourth-order valence-corrected chi connectivity index (χ4v) is 1.27. The van der Waals surface area contributed by atoms with E-state index in [1.165, 1.54) is 0 Å². The number of nitriles is 1. The summed E-state index contributed by atoms with van der Waals surface area (Å²) < 4.78 is 0. The number of hydrazine groups is 1. The lowest BCUT2D eigenvalue weighted by molar-refractivity contribution is 0.955. The van der Waals surface area contributed by atoms with Crippen LogP contribution < -0.4 is 16.6 Å². The lowest BCUT2D eigenvalue weighted by atomic mass is 10.2. The van der Waals surface area contributed by atoms with E-state index in [0.29, 0.717) is 5.70 Å². The van der Waals surface area contributed by atoms with Gasteiger partial charge in [0.25, 0.3) is 0 Å². The standard InChI is InChI=1S/C11H12N4S/c1-8(10(7-12)11(13)16)14-15-9-5-3-2-4-6-9/h2-6,14-15H,1H3,(H2,13,16)/b10-8-. The fraction of sp³-hybridized carbons (Fsp3) is 0.0909. The summed E-state index contributed by atoms with van der Waals surface area (Å²) in [6.07, 6.45) is 0. The Bertz CT molecular complexity index is 445. The Kier molecular flexibility index (Phi) is 4.30. The molecule has 0 aromatic heterocycles. The number of anilines is 1. The van der Waals surface area contributed by atoms with Crippen molar-refractivity contribution in [2.45, 2.75) is 6.92 Å². The van der Waals surface area contributed by atoms with Crippen LogP contribution in [0, 0.1) is 11.3 Å². The molecule has 1 rings (SSSR count). The van der Waals surface area contributed by atoms with E-state index in [1.54, 1.807) is 6.92 Å². The van der Waals surface area contributed by atoms with Gasteiger partial charge in [-0.2, -0.15) is 5.26 Å². The first-order valence-electron chi connectivity index (χ1n) is 4.63. The van der Waals surface area contributed by atoms with Crippen LogP contribution in [-0.4, -0.2) is 4.99 Å². The van der Waals surface area contributed by atoms with Crippen molar-refractivity contribution in [3.63, 3.8) is 0 Å². The number of benzene rings is 1. The molecule has 0 radical (unpaired) electrons. The highest BCUT2D eigenvalue weighted by molar-refractivity contribution is 7.80. The number of allylic oxidation sites excluding steroid dienone is 1. The van der Waals surface area contributed by atoms with Crippen LogP contribution in [0.4, 0.5) is 5.69 Å². The average Bonchev–Trinajstić information content (AvgIpc) is 2.28. The Morgan fingerprint density at radius 1 is 1.38 bits per heavy atom. The van der Waals surface area contributed by atoms with Gasteiger partial charge in [-0.3, -0.25) is 0 Å². The van der Waals surface area contributed by atoms with E-state index in [2.05, 4.69) is 10.9 Å². The highest BCUT2D eigenvalue weighted by atomic mass is 32.1. The molecule has 0 aliphatic rings. The molecule has 4 nitrogen and oxygen atoms in total. The van der Waals surface area contributed by atoms with Crippen LogP contribution in [0.15, 0.2) is 41.6 Å². The molecule has 0 amide bonds. The SMILES string of the molecule is C/C(NNc1ccccc1)=C(\C#N)C(N)=S. The molecule has 0 saturated carbocycles. The van der Waals surface area contributed by atoms with Crippen molar-refractivity contribution in [3.8, 4) is 6.07 Å². The van der Waals surface area contributed by atoms with Gasteiger partial charge in [0.1, 0.15) is 16.6 Å². The molecule has 1 aromatic carbocycles. The maximum absolute atomic E-state index is 8.82. The van der Waals surface area contributed by atoms with Crippen LogP contribution >= 0.6 is 12.2 Å². The van der Waals surface area contributed by atoms with Crippen LogP contribution in [0.25, 0.3) is 0 Å². The third kappa shape index (κ3) is 3.26. The van der Waals surface area contributed by atoms with Gasteiger partial charge in [0.2, 0.25) is 0 Å². The van der Waals surface area contributed by atoms with Gasteiger partial charge < -0.3 is 16.6 Å². The largest absolute Gasteiger partial charge is 0.389 e. The summed E-state index contributed by atoms with van der Waals surface area (Å²) in [7, 11) is 0. The molecule has 1 aromatic rings. The maximum atomic E-state index is 8.82. The zero-order valence-electron chi connectivity index (χ0n) is 8.82. The normalized spacial score (nSPS) is 11.0. The molecule has 0 spiro atoms. The number of para-hydroxylation sites is 1. The third-order valence-corrected chi connectivity index (χ3v) is 2.11. The highest BCUT2D eigenvalue weighted by Gasteiger charge is 2.04. The monoisotopic (exact) mass is 232 g/mol. The summed E-state index contributed by atoms with van der Waals surface area (Å²) in [6, 6.07) is 11.5. The first-order chi connectivity index (χ1) is 7.65. The van der Waals surface area contributed by atoms with Gasteiger partial charge in [-0.15, -0.1) is 0 Å². The Balaban J connectivity index is 2.69. The minimum absolute atomic E-state index is 0.0855. The van der Waals surface area contributed by atoms with Crippen LogP contribution in [0.5, 0.6) is 0 Å². The molecule has 0 fully saturated rings. The number of hydrogen-bond acceptors (Lipinski definition) is 4. The van der Waals surface area contributed by atoms with Crippen molar-refractivity contribution in [1.82, 2.24) is 5.43 Å². The van der Waals surface area contributed by atoms with E-state index in [4.69, 9.17) is 23.2 Å². The predicted molar refractivity (Wildman–Crippen MR) is 68.3 cm³/mol. The van der Waals surface area contributed by atoms with E-state index >= 15 is 0 Å². The lowest BCUT2D eigenvalue weighted by Crippen LogP contribution is -2.24. The van der Waals surface area contributed by atoms with E-state index in [0.717, 1.165) is 5.69 Å². The van der Waals surface area contributed by atoms with Crippen molar-refractivity contribution in [1.29, 1.82) is 5.26 Å². The highest BCUT2D eigenvalue weighted by Crippen LogP contribution is 2.05. The third-order valence-electron chi connectivity index (χ3n) is 1.90. The summed E-state index contributed by atoms with van der Waals surface area (Å²) in [4.78, 5) is 0.0855. The maximum Gasteiger partial charge on any atom is 0.116 e. The molecule has 0 saturated heterocycles. The number of thiocarbonyl (C=S) groups is 1. The minimum Gasteiger partial charge on any atom is -0.389 e. The smallest absolute Gasteiger partial charge is 0.116 e. The Morgan fingerprint density at radius 2 is 2.00 bits per heavy atom. The first kappa shape index (κ1) is 12.0. The second-order valence-electron chi connectivity index (χ2n) is 3.09. The van der Waals surface area contributed by atoms with Gasteiger partial charge in [0.05, 0.1) is 5.69 Å². The zero-order valence-corrected chi connectivity index (χ0v) is 9.64. The summed E-state index contributed by atoms with van der Waals surface area (Å²) in [5.74, 6) is 0. The number of nitrogens with one attached hydrogen (secondary N) is 2. The van der Waals surface area contributed by atoms with Crippen LogP contribution in [0.3, 0.4) is 0 Å². The molecule has 82 valence electrons. The molecule has 0 heterocycles. The van der Waals surface area contributed by atoms with Gasteiger partial charge >= 0.3 is 0 Å². The molecule has 4 N–H and O–H groups in total. The Labute approximate surface area is 99.7 Å². The molecular formula is C11H12N4S. The fourth-order valence-electron chi connectivity index (χ4n) is 1.07. The molecule has 0 bridgehead atoms. The van der Waals surface area contributed by atoms with Crippen LogP contribution in [-0.2, 0) is 0 Å². The summed E-state index contributed by atoms with van der Waals surface area (Å²) in [6.45, 7) is 1.73. The van der Waals surface area contributed by atoms with Crippen molar-refractivity contribution in [2.24, 2.45) is 5.73 Å². The zero-order chi connectivity index (χ0) is 12.0.